The molecule has 0 fully saturated rings. The van der Waals surface area contributed by atoms with Crippen LogP contribution in [0.1, 0.15) is 45.7 Å². The molecule has 0 saturated carbocycles. The van der Waals surface area contributed by atoms with Crippen molar-refractivity contribution in [3.8, 4) is 17.5 Å². The Kier molecular flexibility index (Phi) is 7.03. The molecule has 1 atom stereocenters. The molecule has 2 aromatic carbocycles. The predicted octanol–water partition coefficient (Wildman–Crippen LogP) is 2.22. The van der Waals surface area contributed by atoms with Crippen LogP contribution in [0.25, 0.3) is 22.1 Å². The van der Waals surface area contributed by atoms with Crippen molar-refractivity contribution >= 4 is 44.0 Å². The second-order valence-corrected chi connectivity index (χ2v) is 12.5. The highest BCUT2D eigenvalue weighted by molar-refractivity contribution is 7.90. The van der Waals surface area contributed by atoms with Gasteiger partial charge in [0.05, 0.1) is 28.9 Å². The number of hydrogen-bond acceptors (Lipinski definition) is 8. The van der Waals surface area contributed by atoms with Crippen molar-refractivity contribution in [1.82, 2.24) is 34.3 Å². The molecule has 0 radical (unpaired) electrons. The third-order valence-corrected chi connectivity index (χ3v) is 8.42. The van der Waals surface area contributed by atoms with Crippen LogP contribution in [-0.4, -0.2) is 50.3 Å². The van der Waals surface area contributed by atoms with Crippen molar-refractivity contribution in [3.63, 3.8) is 0 Å². The summed E-state index contributed by atoms with van der Waals surface area (Å²) >= 11 is 0. The fourth-order valence-electron chi connectivity index (χ4n) is 6.06. The van der Waals surface area contributed by atoms with Crippen LogP contribution < -0.4 is 25.6 Å². The molecule has 0 bridgehead atoms. The number of carbonyl (C=O) groups is 1. The molecular formula is C32H28N10O4S. The number of nitrogens with one attached hydrogen (secondary N) is 2. The summed E-state index contributed by atoms with van der Waals surface area (Å²) in [7, 11) is -0.520. The summed E-state index contributed by atoms with van der Waals surface area (Å²) in [5, 5.41) is 17.8. The molecule has 236 valence electrons. The van der Waals surface area contributed by atoms with E-state index < -0.39 is 22.2 Å². The minimum atomic E-state index is -4.27. The van der Waals surface area contributed by atoms with E-state index in [2.05, 4.69) is 37.1 Å². The number of amides is 1. The molecule has 5 heterocycles. The molecule has 6 aromatic rings. The van der Waals surface area contributed by atoms with Crippen LogP contribution in [0.2, 0.25) is 0 Å². The van der Waals surface area contributed by atoms with Gasteiger partial charge in [0.2, 0.25) is 0 Å². The van der Waals surface area contributed by atoms with E-state index in [1.807, 2.05) is 61.5 Å². The van der Waals surface area contributed by atoms with Crippen LogP contribution >= 0.6 is 0 Å². The Labute approximate surface area is 268 Å². The molecule has 15 heteroatoms. The maximum absolute atomic E-state index is 14.7. The van der Waals surface area contributed by atoms with E-state index >= 15 is 0 Å². The molecule has 0 saturated heterocycles. The third kappa shape index (κ3) is 5.25. The summed E-state index contributed by atoms with van der Waals surface area (Å²) in [4.78, 5) is 34.9. The topological polar surface area (TPSA) is 175 Å². The highest BCUT2D eigenvalue weighted by Gasteiger charge is 2.32. The Hall–Kier alpha value is -5.98. The van der Waals surface area contributed by atoms with E-state index in [1.54, 1.807) is 34.6 Å². The summed E-state index contributed by atoms with van der Waals surface area (Å²) in [6, 6.07) is 13.8. The van der Waals surface area contributed by atoms with Crippen molar-refractivity contribution in [2.75, 3.05) is 16.7 Å². The van der Waals surface area contributed by atoms with Crippen molar-refractivity contribution in [1.29, 1.82) is 0 Å². The number of pyridine rings is 1. The number of rotatable bonds is 6. The normalized spacial score (nSPS) is 13.1. The van der Waals surface area contributed by atoms with Crippen molar-refractivity contribution in [3.05, 3.63) is 112 Å². The van der Waals surface area contributed by atoms with Gasteiger partial charge in [-0.25, -0.2) is 14.6 Å². The smallest absolute Gasteiger partial charge is 0.297 e. The Bertz CT molecular complexity index is 2470. The number of fused-ring (bicyclic) bond motifs is 1. The van der Waals surface area contributed by atoms with Gasteiger partial charge in [-0.2, -0.15) is 13.5 Å². The monoisotopic (exact) mass is 648 g/mol. The molecule has 1 amide bonds. The Morgan fingerprint density at radius 3 is 2.57 bits per heavy atom. The van der Waals surface area contributed by atoms with Gasteiger partial charge in [-0.15, -0.1) is 5.10 Å². The van der Waals surface area contributed by atoms with Crippen molar-refractivity contribution < 1.29 is 13.2 Å². The fourth-order valence-corrected chi connectivity index (χ4v) is 6.47. The fraction of sp³-hybridized carbons (Fsp3) is 0.156. The van der Waals surface area contributed by atoms with Gasteiger partial charge >= 0.3 is 0 Å². The lowest BCUT2D eigenvalue weighted by molar-refractivity contribution is 0.0941. The predicted molar refractivity (Wildman–Crippen MR) is 176 cm³/mol. The maximum atomic E-state index is 14.7. The molecule has 0 unspecified atom stereocenters. The number of benzene rings is 2. The number of carbonyl (C=O) groups excluding carboxylic acids is 1. The molecule has 4 N–H and O–H groups in total. The van der Waals surface area contributed by atoms with Gasteiger partial charge in [-0.05, 0) is 37.3 Å². The number of hydrogen-bond donors (Lipinski definition) is 3. The number of para-hydroxylation sites is 1. The van der Waals surface area contributed by atoms with Crippen LogP contribution in [0.3, 0.4) is 0 Å². The summed E-state index contributed by atoms with van der Waals surface area (Å²) in [5.74, 6) is 5.36. The molecule has 47 heavy (non-hydrogen) atoms. The molecule has 1 aliphatic heterocycles. The van der Waals surface area contributed by atoms with Crippen LogP contribution in [0.5, 0.6) is 0 Å². The van der Waals surface area contributed by atoms with E-state index in [4.69, 9.17) is 5.14 Å². The van der Waals surface area contributed by atoms with Crippen LogP contribution in [0.15, 0.2) is 78.1 Å². The largest absolute Gasteiger partial charge is 0.370 e. The van der Waals surface area contributed by atoms with Gasteiger partial charge in [-0.1, -0.05) is 30.0 Å². The Morgan fingerprint density at radius 2 is 1.85 bits per heavy atom. The number of aryl methyl sites for hydroxylation is 1. The second kappa shape index (κ2) is 11.1. The standard InChI is InChI=1S/C32H28N10O4S/c1-19(36-31(43)27-29(38-47(33,45)46)37-41-15-7-14-34-30(27)41)28-23-18-39(2)24-13-12-21(11-10-20-16-35-40(3)17-20)25(26(23)24)32(44)42(28)22-8-5-4-6-9-22/h4-9,12-17,19H,18H2,1-3H3,(H,36,43)(H,37,38)(H2,33,45,46)/t19-/m1/s1. The Morgan fingerprint density at radius 1 is 1.06 bits per heavy atom. The minimum absolute atomic E-state index is 0.116. The lowest BCUT2D eigenvalue weighted by Crippen LogP contribution is -2.34. The molecule has 7 rings (SSSR count). The lowest BCUT2D eigenvalue weighted by Gasteiger charge is -2.23. The first-order valence-corrected chi connectivity index (χ1v) is 16.0. The zero-order valence-corrected chi connectivity index (χ0v) is 26.3. The van der Waals surface area contributed by atoms with E-state index in [0.29, 0.717) is 34.4 Å². The third-order valence-electron chi connectivity index (χ3n) is 7.94. The summed E-state index contributed by atoms with van der Waals surface area (Å²) < 4.78 is 30.5. The zero-order valence-electron chi connectivity index (χ0n) is 25.5. The quantitative estimate of drug-likeness (QED) is 0.231. The van der Waals surface area contributed by atoms with E-state index in [9.17, 15) is 18.0 Å². The molecule has 1 aliphatic rings. The van der Waals surface area contributed by atoms with Gasteiger partial charge in [0.25, 0.3) is 21.7 Å². The van der Waals surface area contributed by atoms with Gasteiger partial charge in [-0.3, -0.25) is 23.6 Å². The van der Waals surface area contributed by atoms with Gasteiger partial charge in [0, 0.05) is 67.1 Å². The minimum Gasteiger partial charge on any atom is -0.370 e. The summed E-state index contributed by atoms with van der Waals surface area (Å²) in [5.41, 5.74) is 3.86. The number of aromatic nitrogens is 6. The average molecular weight is 649 g/mol. The summed E-state index contributed by atoms with van der Waals surface area (Å²) in [6.07, 6.45) is 6.45. The Balaban J connectivity index is 1.42. The van der Waals surface area contributed by atoms with Crippen LogP contribution in [0.4, 0.5) is 11.5 Å². The molecule has 0 aliphatic carbocycles. The molecule has 4 aromatic heterocycles. The first kappa shape index (κ1) is 29.7. The van der Waals surface area contributed by atoms with Crippen LogP contribution in [0, 0.1) is 11.8 Å². The molecule has 0 spiro atoms. The van der Waals surface area contributed by atoms with Gasteiger partial charge in [0.1, 0.15) is 5.56 Å². The first-order chi connectivity index (χ1) is 22.5. The van der Waals surface area contributed by atoms with E-state index in [0.717, 1.165) is 16.6 Å². The highest BCUT2D eigenvalue weighted by Crippen LogP contribution is 2.40. The van der Waals surface area contributed by atoms with E-state index in [1.165, 1.54) is 16.9 Å². The van der Waals surface area contributed by atoms with Gasteiger partial charge in [0.15, 0.2) is 11.5 Å². The highest BCUT2D eigenvalue weighted by atomic mass is 32.2. The second-order valence-electron chi connectivity index (χ2n) is 11.2. The number of nitrogens with zero attached hydrogens (tertiary/aromatic N) is 7. The summed E-state index contributed by atoms with van der Waals surface area (Å²) in [6.45, 7) is 2.23. The van der Waals surface area contributed by atoms with Crippen molar-refractivity contribution in [2.45, 2.75) is 19.5 Å². The zero-order chi connectivity index (χ0) is 33.0. The molecule has 14 nitrogen and oxygen atoms in total. The number of anilines is 2. The van der Waals surface area contributed by atoms with E-state index in [-0.39, 0.29) is 22.6 Å². The van der Waals surface area contributed by atoms with Crippen molar-refractivity contribution in [2.24, 2.45) is 12.2 Å². The van der Waals surface area contributed by atoms with Gasteiger partial charge < -0.3 is 10.2 Å². The van der Waals surface area contributed by atoms with Crippen LogP contribution in [-0.2, 0) is 23.8 Å². The first-order valence-electron chi connectivity index (χ1n) is 14.5. The average Bonchev–Trinajstić information content (AvgIpc) is 3.71. The lowest BCUT2D eigenvalue weighted by atomic mass is 9.97. The number of nitrogens with two attached hydrogens (primary N) is 1. The SMILES string of the molecule is C[C@@H](NC(=O)c1c(NS(N)(=O)=O)nn2cccnc12)c1c2c3c(ccc(C#Cc4cnn(C)c4)c3c(=O)n1-c1ccccc1)N(C)C2. The molecular weight excluding hydrogens is 620 g/mol. The maximum Gasteiger partial charge on any atom is 0.297 e.